The third kappa shape index (κ3) is 4.39. The summed E-state index contributed by atoms with van der Waals surface area (Å²) in [4.78, 5) is 23.9. The summed E-state index contributed by atoms with van der Waals surface area (Å²) < 4.78 is 10.6. The molecule has 3 aromatic rings. The molecule has 0 heterocycles. The Morgan fingerprint density at radius 1 is 0.885 bits per heavy atom. The van der Waals surface area contributed by atoms with Gasteiger partial charge in [0.1, 0.15) is 11.5 Å². The molecule has 0 unspecified atom stereocenters. The van der Waals surface area contributed by atoms with Crippen molar-refractivity contribution < 1.29 is 19.1 Å². The van der Waals surface area contributed by atoms with Crippen LogP contribution in [-0.4, -0.2) is 25.5 Å². The van der Waals surface area contributed by atoms with Crippen LogP contribution < -0.4 is 14.8 Å². The molecule has 5 heteroatoms. The maximum absolute atomic E-state index is 12.0. The van der Waals surface area contributed by atoms with E-state index >= 15 is 0 Å². The number of ether oxygens (including phenoxy) is 2. The summed E-state index contributed by atoms with van der Waals surface area (Å²) in [6.45, 7) is 0.216. The van der Waals surface area contributed by atoms with E-state index in [1.165, 1.54) is 0 Å². The van der Waals surface area contributed by atoms with Gasteiger partial charge in [0.25, 0.3) is 5.91 Å². The minimum absolute atomic E-state index is 0.0920. The van der Waals surface area contributed by atoms with Gasteiger partial charge in [-0.05, 0) is 47.2 Å². The van der Waals surface area contributed by atoms with Crippen molar-refractivity contribution in [1.82, 2.24) is 5.32 Å². The van der Waals surface area contributed by atoms with E-state index in [4.69, 9.17) is 9.47 Å². The summed E-state index contributed by atoms with van der Waals surface area (Å²) >= 11 is 0. The first-order chi connectivity index (χ1) is 12.7. The zero-order valence-corrected chi connectivity index (χ0v) is 14.4. The van der Waals surface area contributed by atoms with E-state index in [1.54, 1.807) is 43.5 Å². The maximum Gasteiger partial charge on any atom is 0.312 e. The van der Waals surface area contributed by atoms with E-state index in [0.29, 0.717) is 11.3 Å². The molecule has 132 valence electrons. The van der Waals surface area contributed by atoms with Crippen molar-refractivity contribution in [3.8, 4) is 11.5 Å². The zero-order chi connectivity index (χ0) is 18.4. The molecule has 0 bridgehead atoms. The Morgan fingerprint density at radius 3 is 2.31 bits per heavy atom. The summed E-state index contributed by atoms with van der Waals surface area (Å²) in [6.07, 6.45) is 0.0920. The molecule has 0 aliphatic carbocycles. The van der Waals surface area contributed by atoms with E-state index < -0.39 is 5.97 Å². The Hall–Kier alpha value is -3.34. The van der Waals surface area contributed by atoms with Crippen LogP contribution in [-0.2, 0) is 4.79 Å². The second-order valence-electron chi connectivity index (χ2n) is 5.72. The molecule has 0 aliphatic rings. The smallest absolute Gasteiger partial charge is 0.312 e. The first kappa shape index (κ1) is 17.5. The number of nitrogens with one attached hydrogen (secondary N) is 1. The van der Waals surface area contributed by atoms with Crippen LogP contribution in [0.1, 0.15) is 16.8 Å². The highest BCUT2D eigenvalue weighted by Gasteiger charge is 2.08. The van der Waals surface area contributed by atoms with Crippen molar-refractivity contribution in [2.45, 2.75) is 6.42 Å². The number of benzene rings is 3. The highest BCUT2D eigenvalue weighted by Crippen LogP contribution is 2.25. The lowest BCUT2D eigenvalue weighted by molar-refractivity contribution is -0.134. The molecule has 5 nitrogen and oxygen atoms in total. The van der Waals surface area contributed by atoms with E-state index in [0.717, 1.165) is 16.5 Å². The van der Waals surface area contributed by atoms with Crippen LogP contribution in [0.4, 0.5) is 0 Å². The van der Waals surface area contributed by atoms with Gasteiger partial charge >= 0.3 is 5.97 Å². The van der Waals surface area contributed by atoms with Gasteiger partial charge in [-0.25, -0.2) is 0 Å². The molecule has 0 fully saturated rings. The van der Waals surface area contributed by atoms with Gasteiger partial charge in [0.2, 0.25) is 0 Å². The average molecular weight is 349 g/mol. The van der Waals surface area contributed by atoms with Gasteiger partial charge in [0, 0.05) is 12.1 Å². The predicted molar refractivity (Wildman–Crippen MR) is 99.5 cm³/mol. The van der Waals surface area contributed by atoms with Crippen LogP contribution in [0, 0.1) is 0 Å². The lowest BCUT2D eigenvalue weighted by atomic mass is 10.1. The highest BCUT2D eigenvalue weighted by molar-refractivity contribution is 5.94. The molecule has 1 amide bonds. The van der Waals surface area contributed by atoms with Crippen LogP contribution in [0.2, 0.25) is 0 Å². The van der Waals surface area contributed by atoms with Crippen molar-refractivity contribution in [1.29, 1.82) is 0 Å². The number of amides is 1. The largest absolute Gasteiger partial charge is 0.497 e. The van der Waals surface area contributed by atoms with E-state index in [-0.39, 0.29) is 18.9 Å². The minimum atomic E-state index is -0.402. The van der Waals surface area contributed by atoms with Crippen molar-refractivity contribution >= 4 is 22.6 Å². The van der Waals surface area contributed by atoms with Gasteiger partial charge in [0.05, 0.1) is 13.5 Å². The van der Waals surface area contributed by atoms with E-state index in [9.17, 15) is 9.59 Å². The summed E-state index contributed by atoms with van der Waals surface area (Å²) in [5.74, 6) is 0.589. The highest BCUT2D eigenvalue weighted by atomic mass is 16.5. The van der Waals surface area contributed by atoms with Gasteiger partial charge in [-0.3, -0.25) is 9.59 Å². The summed E-state index contributed by atoms with van der Waals surface area (Å²) in [6, 6.07) is 20.0. The normalized spacial score (nSPS) is 10.3. The van der Waals surface area contributed by atoms with Gasteiger partial charge < -0.3 is 14.8 Å². The molecule has 0 saturated heterocycles. The van der Waals surface area contributed by atoms with Gasteiger partial charge in [0.15, 0.2) is 0 Å². The predicted octanol–water partition coefficient (Wildman–Crippen LogP) is 3.57. The summed E-state index contributed by atoms with van der Waals surface area (Å²) in [7, 11) is 1.61. The lowest BCUT2D eigenvalue weighted by Gasteiger charge is -2.08. The molecule has 3 aromatic carbocycles. The number of carbonyl (C=O) groups is 2. The monoisotopic (exact) mass is 349 g/mol. The number of rotatable bonds is 6. The van der Waals surface area contributed by atoms with E-state index in [1.807, 2.05) is 30.3 Å². The summed E-state index contributed by atoms with van der Waals surface area (Å²) in [5, 5.41) is 4.66. The van der Waals surface area contributed by atoms with Crippen LogP contribution in [0.5, 0.6) is 11.5 Å². The standard InChI is InChI=1S/C21H19NO4/c1-25-18-9-7-15-8-10-19(14-17(15)13-18)26-20(23)11-12-22-21(24)16-5-3-2-4-6-16/h2-10,13-14H,11-12H2,1H3,(H,22,24). The average Bonchev–Trinajstić information content (AvgIpc) is 2.68. The molecule has 3 rings (SSSR count). The second-order valence-corrected chi connectivity index (χ2v) is 5.72. The quantitative estimate of drug-likeness (QED) is 0.546. The second kappa shape index (κ2) is 8.16. The van der Waals surface area contributed by atoms with Crippen molar-refractivity contribution in [3.05, 3.63) is 72.3 Å². The third-order valence-corrected chi connectivity index (χ3v) is 3.90. The van der Waals surface area contributed by atoms with Crippen molar-refractivity contribution in [2.75, 3.05) is 13.7 Å². The number of hydrogen-bond donors (Lipinski definition) is 1. The lowest BCUT2D eigenvalue weighted by Crippen LogP contribution is -2.27. The first-order valence-corrected chi connectivity index (χ1v) is 8.27. The fourth-order valence-corrected chi connectivity index (χ4v) is 2.55. The number of fused-ring (bicyclic) bond motifs is 1. The molecule has 26 heavy (non-hydrogen) atoms. The summed E-state index contributed by atoms with van der Waals surface area (Å²) in [5.41, 5.74) is 0.560. The third-order valence-electron chi connectivity index (χ3n) is 3.90. The Balaban J connectivity index is 1.54. The van der Waals surface area contributed by atoms with Crippen LogP contribution >= 0.6 is 0 Å². The van der Waals surface area contributed by atoms with Gasteiger partial charge in [-0.15, -0.1) is 0 Å². The SMILES string of the molecule is COc1ccc2ccc(OC(=O)CCNC(=O)c3ccccc3)cc2c1. The Labute approximate surface area is 151 Å². The number of hydrogen-bond acceptors (Lipinski definition) is 4. The van der Waals surface area contributed by atoms with Crippen LogP contribution in [0.15, 0.2) is 66.7 Å². The van der Waals surface area contributed by atoms with E-state index in [2.05, 4.69) is 5.32 Å². The minimum Gasteiger partial charge on any atom is -0.497 e. The molecule has 0 radical (unpaired) electrons. The van der Waals surface area contributed by atoms with Gasteiger partial charge in [-0.2, -0.15) is 0 Å². The molecular formula is C21H19NO4. The Bertz CT molecular complexity index is 922. The molecule has 0 aromatic heterocycles. The Kier molecular flexibility index (Phi) is 5.49. The van der Waals surface area contributed by atoms with Gasteiger partial charge in [-0.1, -0.05) is 30.3 Å². The van der Waals surface area contributed by atoms with Crippen molar-refractivity contribution in [3.63, 3.8) is 0 Å². The zero-order valence-electron chi connectivity index (χ0n) is 14.4. The van der Waals surface area contributed by atoms with Crippen LogP contribution in [0.25, 0.3) is 10.8 Å². The molecule has 0 aliphatic heterocycles. The number of methoxy groups -OCH3 is 1. The number of esters is 1. The fraction of sp³-hybridized carbons (Fsp3) is 0.143. The molecular weight excluding hydrogens is 330 g/mol. The van der Waals surface area contributed by atoms with Crippen LogP contribution in [0.3, 0.4) is 0 Å². The number of carbonyl (C=O) groups excluding carboxylic acids is 2. The molecule has 1 N–H and O–H groups in total. The van der Waals surface area contributed by atoms with Crippen molar-refractivity contribution in [2.24, 2.45) is 0 Å². The fourth-order valence-electron chi connectivity index (χ4n) is 2.55. The Morgan fingerprint density at radius 2 is 1.58 bits per heavy atom. The maximum atomic E-state index is 12.0. The topological polar surface area (TPSA) is 64.6 Å². The molecule has 0 atom stereocenters. The molecule has 0 saturated carbocycles. The molecule has 0 spiro atoms. The first-order valence-electron chi connectivity index (χ1n) is 8.27.